The summed E-state index contributed by atoms with van der Waals surface area (Å²) < 4.78 is 23.4. The summed E-state index contributed by atoms with van der Waals surface area (Å²) in [6.45, 7) is 4.52. The molecule has 0 fully saturated rings. The topological polar surface area (TPSA) is 105 Å². The van der Waals surface area contributed by atoms with Gasteiger partial charge in [-0.05, 0) is 116 Å². The first-order chi connectivity index (χ1) is 33.5. The SMILES string of the molecule is CC/C=C\C/C=C\C/C=C\C/C=C\C/C=C\C/C=C\C/C=C\C/C=C\C/C=C\C/C=C\C/C=C\C/C=C\CCCCC(=O)NC(COP(=O)(O)OCC[N+](C)(C)C)C(O)/C=C/CC/C=C/CCCC. The molecule has 9 heteroatoms. The van der Waals surface area contributed by atoms with E-state index in [1.807, 2.05) is 27.2 Å². The highest BCUT2D eigenvalue weighted by atomic mass is 31.2. The molecule has 0 bridgehead atoms. The fraction of sp³-hybridized carbons (Fsp3) is 0.517. The number of phosphoric acid groups is 1. The van der Waals surface area contributed by atoms with Crippen LogP contribution >= 0.6 is 7.82 Å². The molecule has 8 nitrogen and oxygen atoms in total. The lowest BCUT2D eigenvalue weighted by atomic mass is 10.1. The molecule has 3 unspecified atom stereocenters. The molecular formula is C60H96N2O6P+. The summed E-state index contributed by atoms with van der Waals surface area (Å²) in [7, 11) is 1.49. The molecule has 0 heterocycles. The number of hydrogen-bond acceptors (Lipinski definition) is 5. The van der Waals surface area contributed by atoms with Crippen molar-refractivity contribution < 1.29 is 32.9 Å². The Morgan fingerprint density at radius 1 is 0.507 bits per heavy atom. The normalized spacial score (nSPS) is 15.4. The van der Waals surface area contributed by atoms with Gasteiger partial charge >= 0.3 is 7.82 Å². The van der Waals surface area contributed by atoms with Crippen LogP contribution in [0.2, 0.25) is 0 Å². The number of amides is 1. The van der Waals surface area contributed by atoms with Gasteiger partial charge in [0.05, 0.1) is 39.9 Å². The molecule has 0 radical (unpaired) electrons. The van der Waals surface area contributed by atoms with Crippen molar-refractivity contribution in [2.24, 2.45) is 0 Å². The number of hydrogen-bond donors (Lipinski definition) is 3. The zero-order valence-corrected chi connectivity index (χ0v) is 44.6. The average molecular weight is 972 g/mol. The summed E-state index contributed by atoms with van der Waals surface area (Å²) in [6, 6.07) is -0.897. The zero-order valence-electron chi connectivity index (χ0n) is 43.7. The highest BCUT2D eigenvalue weighted by Gasteiger charge is 2.27. The molecule has 386 valence electrons. The van der Waals surface area contributed by atoms with Crippen LogP contribution in [-0.2, 0) is 18.4 Å². The van der Waals surface area contributed by atoms with Gasteiger partial charge in [-0.15, -0.1) is 0 Å². The molecule has 0 rings (SSSR count). The lowest BCUT2D eigenvalue weighted by molar-refractivity contribution is -0.870. The Labute approximate surface area is 422 Å². The molecule has 1 amide bonds. The van der Waals surface area contributed by atoms with Crippen molar-refractivity contribution in [1.29, 1.82) is 0 Å². The first-order valence-electron chi connectivity index (χ1n) is 26.0. The van der Waals surface area contributed by atoms with Crippen LogP contribution in [0, 0.1) is 0 Å². The van der Waals surface area contributed by atoms with Crippen LogP contribution in [0.5, 0.6) is 0 Å². The predicted octanol–water partition coefficient (Wildman–Crippen LogP) is 15.7. The lowest BCUT2D eigenvalue weighted by Crippen LogP contribution is -2.45. The third-order valence-corrected chi connectivity index (χ3v) is 11.2. The number of nitrogens with one attached hydrogen (secondary N) is 1. The molecule has 0 saturated heterocycles. The molecule has 3 atom stereocenters. The number of carbonyl (C=O) groups is 1. The molecule has 0 aliphatic rings. The molecule has 0 aliphatic carbocycles. The van der Waals surface area contributed by atoms with Gasteiger partial charge in [-0.25, -0.2) is 4.57 Å². The van der Waals surface area contributed by atoms with Crippen LogP contribution in [0.15, 0.2) is 170 Å². The second-order valence-corrected chi connectivity index (χ2v) is 19.3. The highest BCUT2D eigenvalue weighted by Crippen LogP contribution is 2.43. The Morgan fingerprint density at radius 3 is 1.28 bits per heavy atom. The molecule has 0 saturated carbocycles. The lowest BCUT2D eigenvalue weighted by Gasteiger charge is -2.25. The number of quaternary nitrogens is 1. The minimum Gasteiger partial charge on any atom is -0.387 e. The number of allylic oxidation sites excluding steroid dienone is 27. The van der Waals surface area contributed by atoms with E-state index in [0.717, 1.165) is 116 Å². The van der Waals surface area contributed by atoms with E-state index >= 15 is 0 Å². The number of phosphoric ester groups is 1. The van der Waals surface area contributed by atoms with Gasteiger partial charge in [0.25, 0.3) is 0 Å². The number of likely N-dealkylation sites (N-methyl/N-ethyl adjacent to an activating group) is 1. The van der Waals surface area contributed by atoms with Crippen LogP contribution in [0.3, 0.4) is 0 Å². The summed E-state index contributed by atoms with van der Waals surface area (Å²) >= 11 is 0. The maximum Gasteiger partial charge on any atom is 0.472 e. The minimum absolute atomic E-state index is 0.0371. The number of rotatable bonds is 44. The van der Waals surface area contributed by atoms with E-state index in [-0.39, 0.29) is 25.5 Å². The first kappa shape index (κ1) is 64.9. The van der Waals surface area contributed by atoms with Crippen molar-refractivity contribution >= 4 is 13.7 Å². The monoisotopic (exact) mass is 972 g/mol. The van der Waals surface area contributed by atoms with Crippen LogP contribution in [0.25, 0.3) is 0 Å². The Kier molecular flexibility index (Phi) is 45.9. The number of aliphatic hydroxyl groups is 1. The molecule has 3 N–H and O–H groups in total. The van der Waals surface area contributed by atoms with E-state index in [1.165, 1.54) is 6.42 Å². The van der Waals surface area contributed by atoms with Gasteiger partial charge in [0.1, 0.15) is 13.2 Å². The van der Waals surface area contributed by atoms with Crippen molar-refractivity contribution in [3.05, 3.63) is 170 Å². The van der Waals surface area contributed by atoms with E-state index in [2.05, 4.69) is 177 Å². The van der Waals surface area contributed by atoms with Crippen molar-refractivity contribution in [2.75, 3.05) is 40.9 Å². The van der Waals surface area contributed by atoms with Crippen molar-refractivity contribution in [3.8, 4) is 0 Å². The summed E-state index contributed by atoms with van der Waals surface area (Å²) in [5.74, 6) is -0.242. The van der Waals surface area contributed by atoms with Crippen LogP contribution in [0.1, 0.15) is 149 Å². The zero-order chi connectivity index (χ0) is 50.6. The largest absolute Gasteiger partial charge is 0.472 e. The average Bonchev–Trinajstić information content (AvgIpc) is 3.31. The van der Waals surface area contributed by atoms with Crippen molar-refractivity contribution in [2.45, 2.75) is 161 Å². The summed E-state index contributed by atoms with van der Waals surface area (Å²) in [5.41, 5.74) is 0. The van der Waals surface area contributed by atoms with Gasteiger partial charge in [-0.3, -0.25) is 13.8 Å². The molecule has 69 heavy (non-hydrogen) atoms. The standard InChI is InChI=1S/C60H95N2O6P/c1-6-8-10-12-14-16-17-18-19-20-21-22-23-24-25-26-27-28-29-30-31-32-33-34-35-36-37-38-39-40-41-42-43-44-45-46-48-50-52-54-60(64)61-58(57-68-69(65,66)67-56-55-62(3,4)5)59(63)53-51-49-47-15-13-11-9-7-2/h8,10,13-16,18-19,21-22,24-25,27-28,30-31,33-34,36-37,39-40,42-43,45-46,51,53,58-59,63H,6-7,9,11-12,17,20,23,26,29,32,35,38,41,44,47-50,52,54-57H2,1-5H3,(H-,61,64,65,66)/p+1/b10-8-,15-13+,16-14-,19-18-,22-21-,25-24-,28-27-,31-30-,34-33-,37-36-,40-39-,43-42-,46-45-,53-51+. The van der Waals surface area contributed by atoms with E-state index in [0.29, 0.717) is 17.4 Å². The number of aliphatic hydroxyl groups excluding tert-OH is 1. The van der Waals surface area contributed by atoms with Crippen LogP contribution in [0.4, 0.5) is 0 Å². The van der Waals surface area contributed by atoms with E-state index in [9.17, 15) is 19.4 Å². The smallest absolute Gasteiger partial charge is 0.387 e. The van der Waals surface area contributed by atoms with Gasteiger partial charge in [0.2, 0.25) is 5.91 Å². The number of carbonyl (C=O) groups excluding carboxylic acids is 1. The molecule has 0 aromatic carbocycles. The Hall–Kier alpha value is -4.14. The summed E-state index contributed by atoms with van der Waals surface area (Å²) in [4.78, 5) is 23.0. The van der Waals surface area contributed by atoms with Gasteiger partial charge in [0, 0.05) is 6.42 Å². The van der Waals surface area contributed by atoms with E-state index < -0.39 is 20.0 Å². The molecule has 0 aliphatic heterocycles. The number of nitrogens with zero attached hydrogens (tertiary/aromatic N) is 1. The Bertz CT molecular complexity index is 1720. The third kappa shape index (κ3) is 51.5. The summed E-state index contributed by atoms with van der Waals surface area (Å²) in [5, 5.41) is 13.7. The Balaban J connectivity index is 4.20. The minimum atomic E-state index is -4.37. The third-order valence-electron chi connectivity index (χ3n) is 10.2. The van der Waals surface area contributed by atoms with Gasteiger partial charge in [-0.1, -0.05) is 197 Å². The Morgan fingerprint density at radius 2 is 0.870 bits per heavy atom. The highest BCUT2D eigenvalue weighted by molar-refractivity contribution is 7.47. The molecule has 0 aromatic rings. The van der Waals surface area contributed by atoms with E-state index in [4.69, 9.17) is 9.05 Å². The maximum atomic E-state index is 12.8. The first-order valence-corrected chi connectivity index (χ1v) is 27.5. The van der Waals surface area contributed by atoms with Gasteiger partial charge in [-0.2, -0.15) is 0 Å². The maximum absolute atomic E-state index is 12.8. The second-order valence-electron chi connectivity index (χ2n) is 17.8. The van der Waals surface area contributed by atoms with Crippen LogP contribution < -0.4 is 5.32 Å². The number of unbranched alkanes of at least 4 members (excludes halogenated alkanes) is 5. The molecular weight excluding hydrogens is 876 g/mol. The fourth-order valence-corrected chi connectivity index (χ4v) is 6.82. The van der Waals surface area contributed by atoms with Gasteiger partial charge in [0.15, 0.2) is 0 Å². The van der Waals surface area contributed by atoms with Crippen molar-refractivity contribution in [1.82, 2.24) is 5.32 Å². The van der Waals surface area contributed by atoms with Gasteiger partial charge < -0.3 is 19.8 Å². The molecule has 0 aromatic heterocycles. The van der Waals surface area contributed by atoms with Crippen molar-refractivity contribution in [3.63, 3.8) is 0 Å². The van der Waals surface area contributed by atoms with E-state index in [1.54, 1.807) is 6.08 Å². The fourth-order valence-electron chi connectivity index (χ4n) is 6.08. The quantitative estimate of drug-likeness (QED) is 0.0243. The summed E-state index contributed by atoms with van der Waals surface area (Å²) in [6.07, 6.45) is 79.1. The predicted molar refractivity (Wildman–Crippen MR) is 299 cm³/mol. The van der Waals surface area contributed by atoms with Crippen LogP contribution in [-0.4, -0.2) is 73.4 Å². The molecule has 0 spiro atoms. The second kappa shape index (κ2) is 48.9.